The molecule has 2 amide bonds. The van der Waals surface area contributed by atoms with Crippen molar-refractivity contribution in [3.63, 3.8) is 0 Å². The first kappa shape index (κ1) is 21.7. The molecule has 0 aromatic heterocycles. The largest absolute Gasteiger partial charge is 0.495 e. The lowest BCUT2D eigenvalue weighted by atomic mass is 10.1. The number of methoxy groups -OCH3 is 1. The van der Waals surface area contributed by atoms with E-state index in [-0.39, 0.29) is 24.4 Å². The summed E-state index contributed by atoms with van der Waals surface area (Å²) in [6.45, 7) is 3.74. The topological polar surface area (TPSA) is 70.7 Å². The molecule has 2 atom stereocenters. The molecule has 2 aromatic carbocycles. The first-order valence-corrected chi connectivity index (χ1v) is 9.38. The second kappa shape index (κ2) is 10.1. The highest BCUT2D eigenvalue weighted by molar-refractivity contribution is 6.31. The summed E-state index contributed by atoms with van der Waals surface area (Å²) in [4.78, 5) is 26.6. The predicted octanol–water partition coefficient (Wildman–Crippen LogP) is 3.48. The van der Waals surface area contributed by atoms with Gasteiger partial charge in [0.25, 0.3) is 0 Å². The van der Waals surface area contributed by atoms with Crippen molar-refractivity contribution in [1.29, 1.82) is 0 Å². The fourth-order valence-corrected chi connectivity index (χ4v) is 2.86. The van der Waals surface area contributed by atoms with Crippen molar-refractivity contribution >= 4 is 29.1 Å². The average Bonchev–Trinajstić information content (AvgIpc) is 2.68. The van der Waals surface area contributed by atoms with Gasteiger partial charge in [0.2, 0.25) is 11.8 Å². The summed E-state index contributed by atoms with van der Waals surface area (Å²) in [6.07, 6.45) is 0. The molecule has 28 heavy (non-hydrogen) atoms. The normalized spacial score (nSPS) is 12.9. The van der Waals surface area contributed by atoms with Crippen LogP contribution in [-0.2, 0) is 9.59 Å². The van der Waals surface area contributed by atoms with E-state index in [0.717, 1.165) is 5.56 Å². The van der Waals surface area contributed by atoms with Crippen LogP contribution in [0.25, 0.3) is 0 Å². The van der Waals surface area contributed by atoms with E-state index in [4.69, 9.17) is 16.3 Å². The molecule has 0 saturated carbocycles. The van der Waals surface area contributed by atoms with Crippen molar-refractivity contribution in [2.75, 3.05) is 26.0 Å². The highest BCUT2D eigenvalue weighted by atomic mass is 35.5. The van der Waals surface area contributed by atoms with Gasteiger partial charge in [0.15, 0.2) is 0 Å². The van der Waals surface area contributed by atoms with Gasteiger partial charge in [0.1, 0.15) is 5.75 Å². The molecule has 0 radical (unpaired) electrons. The van der Waals surface area contributed by atoms with Crippen LogP contribution in [0.4, 0.5) is 5.69 Å². The molecule has 0 spiro atoms. The minimum atomic E-state index is -0.474. The fourth-order valence-electron chi connectivity index (χ4n) is 2.69. The number of halogens is 1. The standard InChI is InChI=1S/C21H26ClN3O3/c1-14(16-8-6-5-7-9-16)23-21(27)15(2)25(3)13-20(26)24-18-12-17(22)10-11-19(18)28-4/h5-12,14-15H,13H2,1-4H3,(H,23,27)(H,24,26)/t14-,15-/m1/s1. The van der Waals surface area contributed by atoms with Crippen LogP contribution < -0.4 is 15.4 Å². The molecule has 0 unspecified atom stereocenters. The molecule has 0 fully saturated rings. The van der Waals surface area contributed by atoms with Gasteiger partial charge in [-0.05, 0) is 44.7 Å². The maximum absolute atomic E-state index is 12.5. The predicted molar refractivity (Wildman–Crippen MR) is 112 cm³/mol. The third-order valence-electron chi connectivity index (χ3n) is 4.53. The van der Waals surface area contributed by atoms with Crippen LogP contribution in [0.5, 0.6) is 5.75 Å². The highest BCUT2D eigenvalue weighted by Gasteiger charge is 2.22. The summed E-state index contributed by atoms with van der Waals surface area (Å²) >= 11 is 5.98. The summed E-state index contributed by atoms with van der Waals surface area (Å²) < 4.78 is 5.23. The maximum atomic E-state index is 12.5. The van der Waals surface area contributed by atoms with E-state index in [2.05, 4.69) is 10.6 Å². The monoisotopic (exact) mass is 403 g/mol. The van der Waals surface area contributed by atoms with Crippen molar-refractivity contribution in [3.8, 4) is 5.75 Å². The lowest BCUT2D eigenvalue weighted by Gasteiger charge is -2.25. The number of ether oxygens (including phenoxy) is 1. The zero-order valence-electron chi connectivity index (χ0n) is 16.5. The Labute approximate surface area is 170 Å². The summed E-state index contributed by atoms with van der Waals surface area (Å²) in [7, 11) is 3.25. The summed E-state index contributed by atoms with van der Waals surface area (Å²) in [6, 6.07) is 14.1. The minimum absolute atomic E-state index is 0.0456. The van der Waals surface area contributed by atoms with Gasteiger partial charge in [0, 0.05) is 5.02 Å². The molecule has 0 aliphatic rings. The van der Waals surface area contributed by atoms with E-state index in [1.165, 1.54) is 7.11 Å². The van der Waals surface area contributed by atoms with Gasteiger partial charge in [-0.1, -0.05) is 41.9 Å². The SMILES string of the molecule is COc1ccc(Cl)cc1NC(=O)CN(C)[C@H](C)C(=O)N[C@H](C)c1ccccc1. The van der Waals surface area contributed by atoms with Gasteiger partial charge < -0.3 is 15.4 Å². The Balaban J connectivity index is 1.92. The van der Waals surface area contributed by atoms with E-state index >= 15 is 0 Å². The summed E-state index contributed by atoms with van der Waals surface area (Å²) in [5, 5.41) is 6.24. The number of likely N-dealkylation sites (N-methyl/N-ethyl adjacent to an activating group) is 1. The molecule has 0 aliphatic heterocycles. The highest BCUT2D eigenvalue weighted by Crippen LogP contribution is 2.27. The molecule has 0 heterocycles. The van der Waals surface area contributed by atoms with E-state index in [1.54, 1.807) is 37.1 Å². The Kier molecular flexibility index (Phi) is 7.84. The number of rotatable bonds is 8. The average molecular weight is 404 g/mol. The van der Waals surface area contributed by atoms with Crippen LogP contribution >= 0.6 is 11.6 Å². The molecule has 0 aliphatic carbocycles. The minimum Gasteiger partial charge on any atom is -0.495 e. The van der Waals surface area contributed by atoms with E-state index < -0.39 is 6.04 Å². The molecule has 2 N–H and O–H groups in total. The second-order valence-corrected chi connectivity index (χ2v) is 7.06. The zero-order chi connectivity index (χ0) is 20.7. The van der Waals surface area contributed by atoms with E-state index in [1.807, 2.05) is 37.3 Å². The van der Waals surface area contributed by atoms with Crippen molar-refractivity contribution in [1.82, 2.24) is 10.2 Å². The van der Waals surface area contributed by atoms with Gasteiger partial charge in [-0.25, -0.2) is 0 Å². The van der Waals surface area contributed by atoms with Gasteiger partial charge in [-0.3, -0.25) is 14.5 Å². The van der Waals surface area contributed by atoms with Crippen LogP contribution in [-0.4, -0.2) is 43.5 Å². The third-order valence-corrected chi connectivity index (χ3v) is 4.76. The number of carbonyl (C=O) groups is 2. The first-order chi connectivity index (χ1) is 13.3. The molecule has 2 aromatic rings. The third kappa shape index (κ3) is 5.97. The van der Waals surface area contributed by atoms with Gasteiger partial charge in [0.05, 0.1) is 31.4 Å². The Hall–Kier alpha value is -2.57. The smallest absolute Gasteiger partial charge is 0.238 e. The number of hydrogen-bond donors (Lipinski definition) is 2. The molecule has 6 nitrogen and oxygen atoms in total. The van der Waals surface area contributed by atoms with Gasteiger partial charge >= 0.3 is 0 Å². The Morgan fingerprint density at radius 3 is 2.46 bits per heavy atom. The summed E-state index contributed by atoms with van der Waals surface area (Å²) in [5.41, 5.74) is 1.51. The van der Waals surface area contributed by atoms with Crippen LogP contribution in [0.3, 0.4) is 0 Å². The lowest BCUT2D eigenvalue weighted by Crippen LogP contribution is -2.46. The fraction of sp³-hybridized carbons (Fsp3) is 0.333. The van der Waals surface area contributed by atoms with Crippen molar-refractivity contribution < 1.29 is 14.3 Å². The lowest BCUT2D eigenvalue weighted by molar-refractivity contribution is -0.127. The number of carbonyl (C=O) groups excluding carboxylic acids is 2. The Morgan fingerprint density at radius 1 is 1.14 bits per heavy atom. The van der Waals surface area contributed by atoms with Gasteiger partial charge in [-0.2, -0.15) is 0 Å². The first-order valence-electron chi connectivity index (χ1n) is 9.00. The molecule has 150 valence electrons. The van der Waals surface area contributed by atoms with Crippen LogP contribution in [0.1, 0.15) is 25.5 Å². The summed E-state index contributed by atoms with van der Waals surface area (Å²) in [5.74, 6) is 0.105. The van der Waals surface area contributed by atoms with Crippen LogP contribution in [0.2, 0.25) is 5.02 Å². The zero-order valence-corrected chi connectivity index (χ0v) is 17.3. The molecular weight excluding hydrogens is 378 g/mol. The second-order valence-electron chi connectivity index (χ2n) is 6.62. The van der Waals surface area contributed by atoms with Crippen molar-refractivity contribution in [2.45, 2.75) is 25.9 Å². The van der Waals surface area contributed by atoms with Gasteiger partial charge in [-0.15, -0.1) is 0 Å². The number of nitrogens with one attached hydrogen (secondary N) is 2. The molecule has 7 heteroatoms. The molecule has 2 rings (SSSR count). The number of benzene rings is 2. The number of anilines is 1. The molecule has 0 bridgehead atoms. The van der Waals surface area contributed by atoms with E-state index in [9.17, 15) is 9.59 Å². The molecule has 0 saturated heterocycles. The number of hydrogen-bond acceptors (Lipinski definition) is 4. The van der Waals surface area contributed by atoms with Crippen molar-refractivity contribution in [3.05, 3.63) is 59.1 Å². The quantitative estimate of drug-likeness (QED) is 0.707. The van der Waals surface area contributed by atoms with E-state index in [0.29, 0.717) is 16.5 Å². The Morgan fingerprint density at radius 2 is 1.82 bits per heavy atom. The number of amides is 2. The maximum Gasteiger partial charge on any atom is 0.238 e. The van der Waals surface area contributed by atoms with Crippen LogP contribution in [0.15, 0.2) is 48.5 Å². The Bertz CT molecular complexity index is 814. The molecular formula is C21H26ClN3O3. The number of nitrogens with zero attached hydrogens (tertiary/aromatic N) is 1. The van der Waals surface area contributed by atoms with Crippen LogP contribution in [0, 0.1) is 0 Å². The van der Waals surface area contributed by atoms with Crippen molar-refractivity contribution in [2.24, 2.45) is 0 Å².